The molecule has 0 radical (unpaired) electrons. The van der Waals surface area contributed by atoms with Crippen LogP contribution in [-0.2, 0) is 11.0 Å². The topological polar surface area (TPSA) is 29.1 Å². The van der Waals surface area contributed by atoms with Gasteiger partial charge in [-0.15, -0.1) is 0 Å². The second-order valence-corrected chi connectivity index (χ2v) is 9.14. The van der Waals surface area contributed by atoms with Crippen LogP contribution in [0.3, 0.4) is 0 Å². The fourth-order valence-electron chi connectivity index (χ4n) is 4.32. The van der Waals surface area contributed by atoms with E-state index in [1.807, 2.05) is 11.8 Å². The number of alkyl halides is 3. The molecule has 2 nitrogen and oxygen atoms in total. The number of anilines is 1. The average molecular weight is 450 g/mol. The number of rotatable bonds is 4. The molecule has 164 valence electrons. The fourth-order valence-corrected chi connectivity index (χ4v) is 5.26. The number of hydrogen-bond donors (Lipinski definition) is 1. The Labute approximate surface area is 183 Å². The zero-order chi connectivity index (χ0) is 22.0. The van der Waals surface area contributed by atoms with Crippen molar-refractivity contribution in [2.45, 2.75) is 37.8 Å². The van der Waals surface area contributed by atoms with Crippen molar-refractivity contribution in [3.63, 3.8) is 0 Å². The van der Waals surface area contributed by atoms with Gasteiger partial charge in [-0.2, -0.15) is 24.9 Å². The summed E-state index contributed by atoms with van der Waals surface area (Å²) in [6, 6.07) is 10.7. The molecule has 0 spiro atoms. The number of hydrogen-bond acceptors (Lipinski definition) is 2. The van der Waals surface area contributed by atoms with E-state index in [1.54, 1.807) is 0 Å². The molecule has 7 heteroatoms. The van der Waals surface area contributed by atoms with Gasteiger partial charge in [0.05, 0.1) is 11.3 Å². The lowest BCUT2D eigenvalue weighted by molar-refractivity contribution is -0.137. The van der Waals surface area contributed by atoms with Crippen LogP contribution in [0.15, 0.2) is 48.5 Å². The molecule has 4 rings (SSSR count). The summed E-state index contributed by atoms with van der Waals surface area (Å²) < 4.78 is 52.2. The van der Waals surface area contributed by atoms with Crippen molar-refractivity contribution in [1.29, 1.82) is 0 Å². The lowest BCUT2D eigenvalue weighted by atomic mass is 9.77. The Morgan fingerprint density at radius 3 is 2.48 bits per heavy atom. The zero-order valence-electron chi connectivity index (χ0n) is 16.8. The Morgan fingerprint density at radius 1 is 1.06 bits per heavy atom. The first-order chi connectivity index (χ1) is 14.8. The third kappa shape index (κ3) is 5.14. The van der Waals surface area contributed by atoms with Gasteiger partial charge in [-0.1, -0.05) is 36.8 Å². The number of benzene rings is 2. The van der Waals surface area contributed by atoms with E-state index in [2.05, 4.69) is 35.7 Å². The molecule has 2 aliphatic rings. The molecule has 1 aliphatic heterocycles. The number of thioether (sulfide) groups is 1. The van der Waals surface area contributed by atoms with Crippen molar-refractivity contribution < 1.29 is 22.4 Å². The predicted molar refractivity (Wildman–Crippen MR) is 116 cm³/mol. The second-order valence-electron chi connectivity index (χ2n) is 8.11. The fraction of sp³-hybridized carbons (Fsp3) is 0.375. The summed E-state index contributed by atoms with van der Waals surface area (Å²) >= 11 is 1.90. The molecule has 1 aliphatic carbocycles. The molecule has 2 aromatic carbocycles. The molecule has 1 heterocycles. The molecule has 1 fully saturated rings. The molecular weight excluding hydrogens is 426 g/mol. The monoisotopic (exact) mass is 449 g/mol. The number of nitrogens with one attached hydrogen (secondary N) is 1. The first-order valence-electron chi connectivity index (χ1n) is 10.4. The molecule has 1 amide bonds. The Hall–Kier alpha value is -2.28. The van der Waals surface area contributed by atoms with Gasteiger partial charge in [0.2, 0.25) is 5.91 Å². The average Bonchev–Trinajstić information content (AvgIpc) is 3.29. The second kappa shape index (κ2) is 9.07. The van der Waals surface area contributed by atoms with Crippen LogP contribution >= 0.6 is 11.8 Å². The molecule has 0 saturated heterocycles. The van der Waals surface area contributed by atoms with Crippen molar-refractivity contribution in [3.8, 4) is 0 Å². The van der Waals surface area contributed by atoms with Crippen molar-refractivity contribution in [2.24, 2.45) is 5.92 Å². The SMILES string of the molecule is O=C(Nc1ccc(C(F)(F)F)cc1F)C1CCCC(c2ccc(C3=CCSC3)cc2)C1. The lowest BCUT2D eigenvalue weighted by Crippen LogP contribution is -2.28. The highest BCUT2D eigenvalue weighted by molar-refractivity contribution is 8.00. The van der Waals surface area contributed by atoms with Crippen molar-refractivity contribution in [2.75, 3.05) is 16.8 Å². The Morgan fingerprint density at radius 2 is 1.84 bits per heavy atom. The molecular formula is C24H23F4NOS. The summed E-state index contributed by atoms with van der Waals surface area (Å²) in [5.74, 6) is 0.609. The Bertz CT molecular complexity index is 984. The first-order valence-corrected chi connectivity index (χ1v) is 11.5. The third-order valence-electron chi connectivity index (χ3n) is 6.06. The van der Waals surface area contributed by atoms with E-state index in [0.29, 0.717) is 18.9 Å². The smallest absolute Gasteiger partial charge is 0.323 e. The van der Waals surface area contributed by atoms with Crippen LogP contribution in [0.2, 0.25) is 0 Å². The van der Waals surface area contributed by atoms with Crippen LogP contribution < -0.4 is 5.32 Å². The molecule has 31 heavy (non-hydrogen) atoms. The summed E-state index contributed by atoms with van der Waals surface area (Å²) in [6.07, 6.45) is 0.820. The van der Waals surface area contributed by atoms with E-state index in [9.17, 15) is 22.4 Å². The largest absolute Gasteiger partial charge is 0.416 e. The van der Waals surface area contributed by atoms with Crippen LogP contribution in [0.4, 0.5) is 23.2 Å². The van der Waals surface area contributed by atoms with E-state index in [1.165, 1.54) is 16.7 Å². The van der Waals surface area contributed by atoms with E-state index >= 15 is 0 Å². The Balaban J connectivity index is 1.41. The van der Waals surface area contributed by atoms with E-state index in [4.69, 9.17) is 0 Å². The summed E-state index contributed by atoms with van der Waals surface area (Å²) in [4.78, 5) is 12.7. The highest BCUT2D eigenvalue weighted by Gasteiger charge is 2.32. The molecule has 1 N–H and O–H groups in total. The van der Waals surface area contributed by atoms with Crippen LogP contribution in [0, 0.1) is 11.7 Å². The molecule has 2 unspecified atom stereocenters. The summed E-state index contributed by atoms with van der Waals surface area (Å²) in [6.45, 7) is 0. The number of carbonyl (C=O) groups excluding carboxylic acids is 1. The van der Waals surface area contributed by atoms with Gasteiger partial charge < -0.3 is 5.32 Å². The maximum absolute atomic E-state index is 14.1. The first kappa shape index (κ1) is 21.9. The van der Waals surface area contributed by atoms with Crippen LogP contribution in [-0.4, -0.2) is 17.4 Å². The molecule has 2 aromatic rings. The van der Waals surface area contributed by atoms with Crippen molar-refractivity contribution in [3.05, 3.63) is 71.0 Å². The minimum atomic E-state index is -4.62. The van der Waals surface area contributed by atoms with Gasteiger partial charge in [-0.25, -0.2) is 4.39 Å². The van der Waals surface area contributed by atoms with E-state index in [-0.39, 0.29) is 23.4 Å². The van der Waals surface area contributed by atoms with E-state index < -0.39 is 17.6 Å². The number of amides is 1. The van der Waals surface area contributed by atoms with Crippen LogP contribution in [0.1, 0.15) is 48.3 Å². The van der Waals surface area contributed by atoms with Gasteiger partial charge in [0, 0.05) is 17.4 Å². The maximum atomic E-state index is 14.1. The number of halogens is 4. The van der Waals surface area contributed by atoms with Gasteiger partial charge in [0.25, 0.3) is 0 Å². The minimum Gasteiger partial charge on any atom is -0.323 e. The highest BCUT2D eigenvalue weighted by Crippen LogP contribution is 2.38. The minimum absolute atomic E-state index is 0.216. The quantitative estimate of drug-likeness (QED) is 0.515. The van der Waals surface area contributed by atoms with Gasteiger partial charge >= 0.3 is 6.18 Å². The molecule has 2 atom stereocenters. The standard InChI is InChI=1S/C24H23F4NOS/c25-21-13-20(24(26,27)28)8-9-22(21)29-23(30)18-3-1-2-17(12-18)15-4-6-16(7-5-15)19-10-11-31-14-19/h4-10,13,17-18H,1-3,11-12,14H2,(H,29,30). The lowest BCUT2D eigenvalue weighted by Gasteiger charge is -2.29. The summed E-state index contributed by atoms with van der Waals surface area (Å²) in [7, 11) is 0. The molecule has 0 aromatic heterocycles. The highest BCUT2D eigenvalue weighted by atomic mass is 32.2. The van der Waals surface area contributed by atoms with Gasteiger partial charge in [-0.05, 0) is 60.1 Å². The third-order valence-corrected chi connectivity index (χ3v) is 6.97. The molecule has 1 saturated carbocycles. The van der Waals surface area contributed by atoms with Crippen molar-refractivity contribution >= 4 is 28.9 Å². The van der Waals surface area contributed by atoms with Gasteiger partial charge in [0.1, 0.15) is 5.82 Å². The van der Waals surface area contributed by atoms with Gasteiger partial charge in [0.15, 0.2) is 0 Å². The number of carbonyl (C=O) groups is 1. The summed E-state index contributed by atoms with van der Waals surface area (Å²) in [5.41, 5.74) is 2.49. The predicted octanol–water partition coefficient (Wildman–Crippen LogP) is 6.89. The van der Waals surface area contributed by atoms with Gasteiger partial charge in [-0.3, -0.25) is 4.79 Å². The van der Waals surface area contributed by atoms with Crippen molar-refractivity contribution in [1.82, 2.24) is 0 Å². The maximum Gasteiger partial charge on any atom is 0.416 e. The Kier molecular flexibility index (Phi) is 6.42. The zero-order valence-corrected chi connectivity index (χ0v) is 17.7. The summed E-state index contributed by atoms with van der Waals surface area (Å²) in [5, 5.41) is 2.49. The normalized spacial score (nSPS) is 21.6. The molecule has 0 bridgehead atoms. The van der Waals surface area contributed by atoms with Crippen LogP contribution in [0.5, 0.6) is 0 Å². The van der Waals surface area contributed by atoms with E-state index in [0.717, 1.165) is 36.5 Å². The van der Waals surface area contributed by atoms with Crippen LogP contribution in [0.25, 0.3) is 5.57 Å².